The minimum atomic E-state index is -0.985. The van der Waals surface area contributed by atoms with E-state index >= 15 is 0 Å². The lowest BCUT2D eigenvalue weighted by Crippen LogP contribution is -1.92. The van der Waals surface area contributed by atoms with Gasteiger partial charge in [-0.15, -0.1) is 0 Å². The van der Waals surface area contributed by atoms with E-state index < -0.39 is 5.97 Å². The van der Waals surface area contributed by atoms with Gasteiger partial charge in [0.05, 0.1) is 0 Å². The van der Waals surface area contributed by atoms with Crippen LogP contribution in [0.15, 0.2) is 46.9 Å². The van der Waals surface area contributed by atoms with Gasteiger partial charge in [0.15, 0.2) is 0 Å². The van der Waals surface area contributed by atoms with Crippen molar-refractivity contribution in [2.24, 2.45) is 0 Å². The number of carbonyl (C=O) groups is 1. The fourth-order valence-corrected chi connectivity index (χ4v) is 2.19. The third kappa shape index (κ3) is 4.20. The molecule has 2 rings (SSSR count). The lowest BCUT2D eigenvalue weighted by atomic mass is 10.1. The van der Waals surface area contributed by atoms with Gasteiger partial charge in [-0.1, -0.05) is 33.6 Å². The van der Waals surface area contributed by atoms with Crippen LogP contribution in [0.5, 0.6) is 11.5 Å². The smallest absolute Gasteiger partial charge is 0.328 e. The predicted octanol–water partition coefficient (Wildman–Crippen LogP) is 4.96. The van der Waals surface area contributed by atoms with E-state index in [2.05, 4.69) is 15.9 Å². The largest absolute Gasteiger partial charge is 0.478 e. The van der Waals surface area contributed by atoms with E-state index in [-0.39, 0.29) is 0 Å². The molecule has 0 unspecified atom stereocenters. The number of aliphatic carboxylic acids is 1. The number of rotatable bonds is 4. The Hall–Kier alpha value is -2.07. The molecule has 0 saturated heterocycles. The van der Waals surface area contributed by atoms with Gasteiger partial charge < -0.3 is 9.84 Å². The number of ether oxygens (including phenoxy) is 1. The molecule has 108 valence electrons. The van der Waals surface area contributed by atoms with Crippen molar-refractivity contribution in [1.29, 1.82) is 0 Å². The van der Waals surface area contributed by atoms with Crippen LogP contribution in [0.1, 0.15) is 16.7 Å². The lowest BCUT2D eigenvalue weighted by molar-refractivity contribution is -0.131. The summed E-state index contributed by atoms with van der Waals surface area (Å²) in [5, 5.41) is 8.77. The van der Waals surface area contributed by atoms with Gasteiger partial charge in [-0.3, -0.25) is 0 Å². The highest BCUT2D eigenvalue weighted by Crippen LogP contribution is 2.31. The molecule has 21 heavy (non-hydrogen) atoms. The zero-order valence-corrected chi connectivity index (χ0v) is 13.3. The Labute approximate surface area is 132 Å². The number of aryl methyl sites for hydroxylation is 2. The predicted molar refractivity (Wildman–Crippen MR) is 86.8 cm³/mol. The fraction of sp³-hybridized carbons (Fsp3) is 0.118. The molecule has 0 atom stereocenters. The molecule has 0 aliphatic carbocycles. The van der Waals surface area contributed by atoms with Gasteiger partial charge in [0, 0.05) is 16.1 Å². The number of halogens is 1. The first-order valence-electron chi connectivity index (χ1n) is 6.41. The lowest BCUT2D eigenvalue weighted by Gasteiger charge is -2.12. The Bertz CT molecular complexity index is 705. The van der Waals surface area contributed by atoms with Gasteiger partial charge in [-0.05, 0) is 49.8 Å². The van der Waals surface area contributed by atoms with Gasteiger partial charge in [-0.25, -0.2) is 4.79 Å². The molecular formula is C17H15BrO3. The average Bonchev–Trinajstić information content (AvgIpc) is 2.43. The molecule has 0 spiro atoms. The zero-order valence-electron chi connectivity index (χ0n) is 11.8. The van der Waals surface area contributed by atoms with E-state index in [1.54, 1.807) is 0 Å². The normalized spacial score (nSPS) is 10.8. The van der Waals surface area contributed by atoms with Crippen molar-refractivity contribution in [1.82, 2.24) is 0 Å². The molecule has 0 amide bonds. The Morgan fingerprint density at radius 3 is 2.62 bits per heavy atom. The van der Waals surface area contributed by atoms with Gasteiger partial charge >= 0.3 is 5.97 Å². The molecule has 2 aromatic carbocycles. The number of carboxylic acid groups (broad SMARTS) is 1. The van der Waals surface area contributed by atoms with Crippen LogP contribution in [-0.2, 0) is 4.79 Å². The quantitative estimate of drug-likeness (QED) is 0.796. The summed E-state index contributed by atoms with van der Waals surface area (Å²) in [6.07, 6.45) is 2.65. The number of carboxylic acids is 1. The fourth-order valence-electron chi connectivity index (χ4n) is 1.85. The minimum absolute atomic E-state index is 0.624. The van der Waals surface area contributed by atoms with Crippen LogP contribution in [0.3, 0.4) is 0 Å². The summed E-state index contributed by atoms with van der Waals surface area (Å²) in [5.74, 6) is 0.374. The monoisotopic (exact) mass is 346 g/mol. The van der Waals surface area contributed by atoms with Crippen LogP contribution in [0, 0.1) is 13.8 Å². The van der Waals surface area contributed by atoms with Gasteiger partial charge in [0.2, 0.25) is 0 Å². The SMILES string of the molecule is Cc1ccc(Oc2cc(Br)ccc2C)c(/C=C/C(=O)O)c1. The molecule has 1 N–H and O–H groups in total. The van der Waals surface area contributed by atoms with Crippen molar-refractivity contribution in [2.75, 3.05) is 0 Å². The average molecular weight is 347 g/mol. The number of benzene rings is 2. The van der Waals surface area contributed by atoms with Gasteiger partial charge in [0.25, 0.3) is 0 Å². The van der Waals surface area contributed by atoms with Crippen molar-refractivity contribution in [3.8, 4) is 11.5 Å². The van der Waals surface area contributed by atoms with E-state index in [1.165, 1.54) is 6.08 Å². The number of hydrogen-bond acceptors (Lipinski definition) is 2. The second-order valence-electron chi connectivity index (χ2n) is 4.72. The highest BCUT2D eigenvalue weighted by Gasteiger charge is 2.06. The molecule has 4 heteroatoms. The molecular weight excluding hydrogens is 332 g/mol. The van der Waals surface area contributed by atoms with Crippen LogP contribution >= 0.6 is 15.9 Å². The number of hydrogen-bond donors (Lipinski definition) is 1. The van der Waals surface area contributed by atoms with E-state index in [9.17, 15) is 4.79 Å². The molecule has 0 aliphatic rings. The summed E-state index contributed by atoms with van der Waals surface area (Å²) in [6, 6.07) is 11.5. The maximum absolute atomic E-state index is 10.7. The summed E-state index contributed by atoms with van der Waals surface area (Å²) in [7, 11) is 0. The molecule has 2 aromatic rings. The zero-order chi connectivity index (χ0) is 15.4. The second kappa shape index (κ2) is 6.59. The van der Waals surface area contributed by atoms with E-state index in [1.807, 2.05) is 50.2 Å². The Morgan fingerprint density at radius 2 is 1.90 bits per heavy atom. The van der Waals surface area contributed by atoms with Crippen molar-refractivity contribution in [3.63, 3.8) is 0 Å². The maximum Gasteiger partial charge on any atom is 0.328 e. The highest BCUT2D eigenvalue weighted by atomic mass is 79.9. The Kier molecular flexibility index (Phi) is 4.81. The molecule has 0 fully saturated rings. The first-order chi connectivity index (χ1) is 9.95. The van der Waals surface area contributed by atoms with Crippen molar-refractivity contribution < 1.29 is 14.6 Å². The van der Waals surface area contributed by atoms with Crippen LogP contribution in [0.25, 0.3) is 6.08 Å². The molecule has 0 bridgehead atoms. The van der Waals surface area contributed by atoms with E-state index in [0.717, 1.165) is 33.0 Å². The molecule has 0 aliphatic heterocycles. The summed E-state index contributed by atoms with van der Waals surface area (Å²) in [6.45, 7) is 3.91. The Morgan fingerprint density at radius 1 is 1.14 bits per heavy atom. The third-order valence-corrected chi connectivity index (χ3v) is 3.43. The summed E-state index contributed by atoms with van der Waals surface area (Å²) < 4.78 is 6.86. The molecule has 0 saturated carbocycles. The highest BCUT2D eigenvalue weighted by molar-refractivity contribution is 9.10. The second-order valence-corrected chi connectivity index (χ2v) is 5.64. The minimum Gasteiger partial charge on any atom is -0.478 e. The van der Waals surface area contributed by atoms with Gasteiger partial charge in [-0.2, -0.15) is 0 Å². The summed E-state index contributed by atoms with van der Waals surface area (Å²) >= 11 is 3.42. The van der Waals surface area contributed by atoms with Crippen LogP contribution in [0.4, 0.5) is 0 Å². The van der Waals surface area contributed by atoms with Crippen LogP contribution < -0.4 is 4.74 Å². The van der Waals surface area contributed by atoms with E-state index in [4.69, 9.17) is 9.84 Å². The molecule has 0 radical (unpaired) electrons. The summed E-state index contributed by atoms with van der Waals surface area (Å²) in [4.78, 5) is 10.7. The first-order valence-corrected chi connectivity index (χ1v) is 7.20. The van der Waals surface area contributed by atoms with Crippen LogP contribution in [0.2, 0.25) is 0 Å². The van der Waals surface area contributed by atoms with Crippen molar-refractivity contribution >= 4 is 28.0 Å². The molecule has 0 heterocycles. The van der Waals surface area contributed by atoms with Gasteiger partial charge in [0.1, 0.15) is 11.5 Å². The van der Waals surface area contributed by atoms with Crippen molar-refractivity contribution in [2.45, 2.75) is 13.8 Å². The van der Waals surface area contributed by atoms with E-state index in [0.29, 0.717) is 5.75 Å². The maximum atomic E-state index is 10.7. The van der Waals surface area contributed by atoms with Crippen molar-refractivity contribution in [3.05, 3.63) is 63.6 Å². The first kappa shape index (κ1) is 15.3. The summed E-state index contributed by atoms with van der Waals surface area (Å²) in [5.41, 5.74) is 2.78. The molecule has 3 nitrogen and oxygen atoms in total. The Balaban J connectivity index is 2.39. The van der Waals surface area contributed by atoms with Crippen LogP contribution in [-0.4, -0.2) is 11.1 Å². The molecule has 0 aromatic heterocycles. The topological polar surface area (TPSA) is 46.5 Å². The third-order valence-electron chi connectivity index (χ3n) is 2.94. The standard InChI is InChI=1S/C17H15BrO3/c1-11-3-7-15(13(9-11)5-8-17(19)20)21-16-10-14(18)6-4-12(16)2/h3-10H,1-2H3,(H,19,20)/b8-5+.